The molecule has 0 aromatic heterocycles. The first-order valence-corrected chi connectivity index (χ1v) is 10.3. The fraction of sp³-hybridized carbons (Fsp3) is 0.350. The molecule has 0 aliphatic heterocycles. The number of carbonyl (C=O) groups excluding carboxylic acids is 1. The van der Waals surface area contributed by atoms with Gasteiger partial charge in [0.2, 0.25) is 15.9 Å². The van der Waals surface area contributed by atoms with Crippen LogP contribution in [0.3, 0.4) is 0 Å². The maximum Gasteiger partial charge on any atom is 0.240 e. The van der Waals surface area contributed by atoms with Gasteiger partial charge in [-0.25, -0.2) is 13.1 Å². The molecule has 0 heterocycles. The molecule has 0 saturated heterocycles. The molecule has 2 aromatic carbocycles. The van der Waals surface area contributed by atoms with Gasteiger partial charge in [-0.05, 0) is 30.2 Å². The summed E-state index contributed by atoms with van der Waals surface area (Å²) >= 11 is 0. The highest BCUT2D eigenvalue weighted by Gasteiger charge is 2.16. The molecule has 0 spiro atoms. The zero-order chi connectivity index (χ0) is 19.9. The highest BCUT2D eigenvalue weighted by Crippen LogP contribution is 2.19. The lowest BCUT2D eigenvalue weighted by molar-refractivity contribution is -0.129. The van der Waals surface area contributed by atoms with Crippen molar-refractivity contribution in [2.75, 3.05) is 20.2 Å². The number of aryl methyl sites for hydroxylation is 1. The molecule has 0 bridgehead atoms. The van der Waals surface area contributed by atoms with E-state index in [-0.39, 0.29) is 23.9 Å². The Labute approximate surface area is 161 Å². The van der Waals surface area contributed by atoms with E-state index in [0.717, 1.165) is 17.5 Å². The molecule has 2 rings (SSSR count). The standard InChI is InChI=1S/C20H26N2O4S/c1-4-17-9-11-19(12-10-17)27(24,25)21-13-14-22(16(2)23)15-18-7-5-6-8-20(18)26-3/h5-12,21H,4,13-15H2,1-3H3. The molecule has 0 aliphatic rings. The van der Waals surface area contributed by atoms with Gasteiger partial charge in [0.25, 0.3) is 0 Å². The third-order valence-electron chi connectivity index (χ3n) is 4.31. The number of carbonyl (C=O) groups is 1. The molecule has 0 fully saturated rings. The van der Waals surface area contributed by atoms with Crippen LogP contribution in [0.2, 0.25) is 0 Å². The minimum Gasteiger partial charge on any atom is -0.496 e. The molecule has 2 aromatic rings. The van der Waals surface area contributed by atoms with Crippen LogP contribution >= 0.6 is 0 Å². The summed E-state index contributed by atoms with van der Waals surface area (Å²) in [4.78, 5) is 13.8. The Hall–Kier alpha value is -2.38. The number of methoxy groups -OCH3 is 1. The third kappa shape index (κ3) is 5.80. The van der Waals surface area contributed by atoms with E-state index in [2.05, 4.69) is 4.72 Å². The summed E-state index contributed by atoms with van der Waals surface area (Å²) in [6.07, 6.45) is 0.851. The molecule has 0 radical (unpaired) electrons. The number of amides is 1. The fourth-order valence-electron chi connectivity index (χ4n) is 2.69. The molecule has 27 heavy (non-hydrogen) atoms. The van der Waals surface area contributed by atoms with E-state index in [1.807, 2.05) is 31.2 Å². The van der Waals surface area contributed by atoms with E-state index < -0.39 is 10.0 Å². The molecule has 1 N–H and O–H groups in total. The van der Waals surface area contributed by atoms with Gasteiger partial charge in [0.1, 0.15) is 5.75 Å². The quantitative estimate of drug-likeness (QED) is 0.714. The van der Waals surface area contributed by atoms with Gasteiger partial charge in [0, 0.05) is 32.1 Å². The topological polar surface area (TPSA) is 75.7 Å². The lowest BCUT2D eigenvalue weighted by Gasteiger charge is -2.22. The smallest absolute Gasteiger partial charge is 0.240 e. The number of nitrogens with zero attached hydrogens (tertiary/aromatic N) is 1. The second-order valence-electron chi connectivity index (χ2n) is 6.15. The minimum atomic E-state index is -3.60. The monoisotopic (exact) mass is 390 g/mol. The zero-order valence-corrected chi connectivity index (χ0v) is 16.8. The number of benzene rings is 2. The van der Waals surface area contributed by atoms with Crippen molar-refractivity contribution in [1.29, 1.82) is 0 Å². The van der Waals surface area contributed by atoms with Gasteiger partial charge >= 0.3 is 0 Å². The van der Waals surface area contributed by atoms with Crippen molar-refractivity contribution >= 4 is 15.9 Å². The number of sulfonamides is 1. The van der Waals surface area contributed by atoms with Crippen LogP contribution < -0.4 is 9.46 Å². The van der Waals surface area contributed by atoms with Crippen LogP contribution in [0.25, 0.3) is 0 Å². The van der Waals surface area contributed by atoms with Crippen molar-refractivity contribution < 1.29 is 17.9 Å². The summed E-state index contributed by atoms with van der Waals surface area (Å²) in [5, 5.41) is 0. The number of ether oxygens (including phenoxy) is 1. The summed E-state index contributed by atoms with van der Waals surface area (Å²) in [5.74, 6) is 0.563. The lowest BCUT2D eigenvalue weighted by Crippen LogP contribution is -2.37. The van der Waals surface area contributed by atoms with Crippen LogP contribution in [0.5, 0.6) is 5.75 Å². The summed E-state index contributed by atoms with van der Waals surface area (Å²) in [6.45, 7) is 4.23. The number of para-hydroxylation sites is 1. The number of hydrogen-bond donors (Lipinski definition) is 1. The average molecular weight is 391 g/mol. The summed E-state index contributed by atoms with van der Waals surface area (Å²) in [5.41, 5.74) is 1.95. The molecule has 0 aliphatic carbocycles. The van der Waals surface area contributed by atoms with Gasteiger partial charge in [-0.3, -0.25) is 4.79 Å². The molecule has 6 nitrogen and oxygen atoms in total. The number of nitrogens with one attached hydrogen (secondary N) is 1. The van der Waals surface area contributed by atoms with E-state index in [9.17, 15) is 13.2 Å². The van der Waals surface area contributed by atoms with Crippen molar-refractivity contribution in [2.24, 2.45) is 0 Å². The molecule has 146 valence electrons. The van der Waals surface area contributed by atoms with E-state index in [1.54, 1.807) is 36.3 Å². The largest absolute Gasteiger partial charge is 0.496 e. The van der Waals surface area contributed by atoms with Crippen molar-refractivity contribution in [3.8, 4) is 5.75 Å². The molecule has 0 unspecified atom stereocenters. The van der Waals surface area contributed by atoms with Crippen LogP contribution in [0.4, 0.5) is 0 Å². The van der Waals surface area contributed by atoms with Crippen LogP contribution in [-0.2, 0) is 27.8 Å². The Morgan fingerprint density at radius 2 is 1.78 bits per heavy atom. The SMILES string of the molecule is CCc1ccc(S(=O)(=O)NCCN(Cc2ccccc2OC)C(C)=O)cc1. The first-order chi connectivity index (χ1) is 12.9. The van der Waals surface area contributed by atoms with Crippen LogP contribution in [0, 0.1) is 0 Å². The van der Waals surface area contributed by atoms with Gasteiger partial charge in [-0.2, -0.15) is 0 Å². The minimum absolute atomic E-state index is 0.132. The predicted molar refractivity (Wildman–Crippen MR) is 105 cm³/mol. The maximum absolute atomic E-state index is 12.4. The molecule has 7 heteroatoms. The van der Waals surface area contributed by atoms with E-state index >= 15 is 0 Å². The maximum atomic E-state index is 12.4. The van der Waals surface area contributed by atoms with Gasteiger partial charge < -0.3 is 9.64 Å². The third-order valence-corrected chi connectivity index (χ3v) is 5.79. The Morgan fingerprint density at radius 3 is 2.37 bits per heavy atom. The van der Waals surface area contributed by atoms with Crippen LogP contribution in [-0.4, -0.2) is 39.4 Å². The molecule has 0 atom stereocenters. The van der Waals surface area contributed by atoms with Crippen LogP contribution in [0.1, 0.15) is 25.0 Å². The number of hydrogen-bond acceptors (Lipinski definition) is 4. The first kappa shape index (κ1) is 20.9. The molecular weight excluding hydrogens is 364 g/mol. The van der Waals surface area contributed by atoms with Crippen molar-refractivity contribution in [3.63, 3.8) is 0 Å². The highest BCUT2D eigenvalue weighted by atomic mass is 32.2. The van der Waals surface area contributed by atoms with E-state index in [4.69, 9.17) is 4.74 Å². The van der Waals surface area contributed by atoms with Gasteiger partial charge in [-0.15, -0.1) is 0 Å². The molecule has 0 saturated carbocycles. The molecule has 1 amide bonds. The predicted octanol–water partition coefficient (Wildman–Crippen LogP) is 2.58. The van der Waals surface area contributed by atoms with Gasteiger partial charge in [-0.1, -0.05) is 37.3 Å². The second kappa shape index (κ2) is 9.53. The van der Waals surface area contributed by atoms with Crippen molar-refractivity contribution in [1.82, 2.24) is 9.62 Å². The normalized spacial score (nSPS) is 11.2. The Kier molecular flexibility index (Phi) is 7.38. The van der Waals surface area contributed by atoms with Crippen LogP contribution in [0.15, 0.2) is 53.4 Å². The van der Waals surface area contributed by atoms with Crippen molar-refractivity contribution in [2.45, 2.75) is 31.7 Å². The lowest BCUT2D eigenvalue weighted by atomic mass is 10.2. The van der Waals surface area contributed by atoms with Gasteiger partial charge in [0.15, 0.2) is 0 Å². The van der Waals surface area contributed by atoms with E-state index in [0.29, 0.717) is 12.3 Å². The Morgan fingerprint density at radius 1 is 1.11 bits per heavy atom. The summed E-state index contributed by atoms with van der Waals surface area (Å²) in [6, 6.07) is 14.2. The number of rotatable bonds is 9. The average Bonchev–Trinajstić information content (AvgIpc) is 2.67. The summed E-state index contributed by atoms with van der Waals surface area (Å²) in [7, 11) is -2.03. The Balaban J connectivity index is 2.00. The Bertz CT molecular complexity index is 864. The van der Waals surface area contributed by atoms with Gasteiger partial charge in [0.05, 0.1) is 12.0 Å². The van der Waals surface area contributed by atoms with E-state index in [1.165, 1.54) is 6.92 Å². The fourth-order valence-corrected chi connectivity index (χ4v) is 3.71. The highest BCUT2D eigenvalue weighted by molar-refractivity contribution is 7.89. The second-order valence-corrected chi connectivity index (χ2v) is 7.91. The summed E-state index contributed by atoms with van der Waals surface area (Å²) < 4.78 is 32.7. The zero-order valence-electron chi connectivity index (χ0n) is 15.9. The molecular formula is C20H26N2O4S. The first-order valence-electron chi connectivity index (χ1n) is 8.83. The van der Waals surface area contributed by atoms with Crippen molar-refractivity contribution in [3.05, 3.63) is 59.7 Å².